The summed E-state index contributed by atoms with van der Waals surface area (Å²) in [6.07, 6.45) is 3.16. The second kappa shape index (κ2) is 6.29. The van der Waals surface area contributed by atoms with Crippen molar-refractivity contribution < 1.29 is 4.79 Å². The number of piperidine rings is 1. The van der Waals surface area contributed by atoms with Gasteiger partial charge in [-0.05, 0) is 56.8 Å². The summed E-state index contributed by atoms with van der Waals surface area (Å²) >= 11 is 0. The molecule has 1 aromatic rings. The quantitative estimate of drug-likeness (QED) is 0.927. The van der Waals surface area contributed by atoms with Crippen LogP contribution in [-0.2, 0) is 17.8 Å². The Morgan fingerprint density at radius 2 is 2.18 bits per heavy atom. The van der Waals surface area contributed by atoms with Crippen LogP contribution in [0.5, 0.6) is 0 Å². The number of primary amides is 1. The number of rotatable bonds is 4. The molecule has 1 amide bonds. The van der Waals surface area contributed by atoms with Crippen LogP contribution in [0.1, 0.15) is 37.8 Å². The lowest BCUT2D eigenvalue weighted by molar-refractivity contribution is -0.123. The Morgan fingerprint density at radius 3 is 2.91 bits per heavy atom. The van der Waals surface area contributed by atoms with Crippen molar-refractivity contribution in [2.75, 3.05) is 24.5 Å². The van der Waals surface area contributed by atoms with E-state index in [0.717, 1.165) is 45.4 Å². The first-order chi connectivity index (χ1) is 10.5. The maximum Gasteiger partial charge on any atom is 0.221 e. The Morgan fingerprint density at radius 1 is 1.36 bits per heavy atom. The van der Waals surface area contributed by atoms with Gasteiger partial charge in [-0.25, -0.2) is 0 Å². The summed E-state index contributed by atoms with van der Waals surface area (Å²) < 4.78 is 0. The maximum absolute atomic E-state index is 11.4. The average molecular weight is 301 g/mol. The van der Waals surface area contributed by atoms with Gasteiger partial charge in [-0.3, -0.25) is 9.69 Å². The number of hydrogen-bond donors (Lipinski definition) is 1. The highest BCUT2D eigenvalue weighted by atomic mass is 16.1. The second-order valence-electron chi connectivity index (χ2n) is 6.98. The topological polar surface area (TPSA) is 49.6 Å². The fraction of sp³-hybridized carbons (Fsp3) is 0.611. The molecular formula is C18H27N3O. The van der Waals surface area contributed by atoms with E-state index in [2.05, 4.69) is 41.8 Å². The normalized spacial score (nSPS) is 22.1. The van der Waals surface area contributed by atoms with Gasteiger partial charge in [0.05, 0.1) is 5.92 Å². The molecule has 1 saturated heterocycles. The lowest BCUT2D eigenvalue weighted by atomic mass is 9.97. The molecule has 2 aliphatic heterocycles. The van der Waals surface area contributed by atoms with Crippen LogP contribution in [0.25, 0.3) is 0 Å². The molecule has 2 aliphatic rings. The largest absolute Gasteiger partial charge is 0.369 e. The predicted octanol–water partition coefficient (Wildman–Crippen LogP) is 2.15. The minimum atomic E-state index is -0.147. The third-order valence-electron chi connectivity index (χ3n) is 5.01. The Kier molecular flexibility index (Phi) is 4.39. The standard InChI is InChI=1S/C18H27N3O/c1-13(2)21-9-7-15-10-14(5-6-17(15)21)11-20-8-3-4-16(12-20)18(19)22/h5-6,10,13,16H,3-4,7-9,11-12H2,1-2H3,(H2,19,22). The molecule has 0 saturated carbocycles. The minimum Gasteiger partial charge on any atom is -0.369 e. The molecule has 0 radical (unpaired) electrons. The van der Waals surface area contributed by atoms with Crippen LogP contribution in [0.2, 0.25) is 0 Å². The van der Waals surface area contributed by atoms with E-state index < -0.39 is 0 Å². The van der Waals surface area contributed by atoms with Crippen LogP contribution < -0.4 is 10.6 Å². The molecule has 4 nitrogen and oxygen atoms in total. The molecule has 22 heavy (non-hydrogen) atoms. The lowest BCUT2D eigenvalue weighted by Gasteiger charge is -2.31. The zero-order chi connectivity index (χ0) is 15.7. The molecule has 2 N–H and O–H groups in total. The van der Waals surface area contributed by atoms with Gasteiger partial charge >= 0.3 is 0 Å². The van der Waals surface area contributed by atoms with Gasteiger partial charge in [0.15, 0.2) is 0 Å². The molecule has 1 unspecified atom stereocenters. The number of hydrogen-bond acceptors (Lipinski definition) is 3. The summed E-state index contributed by atoms with van der Waals surface area (Å²) in [5.41, 5.74) is 9.69. The third kappa shape index (κ3) is 3.12. The highest BCUT2D eigenvalue weighted by Crippen LogP contribution is 2.31. The molecule has 4 heteroatoms. The number of fused-ring (bicyclic) bond motifs is 1. The Hall–Kier alpha value is -1.55. The minimum absolute atomic E-state index is 0.0274. The fourth-order valence-electron chi connectivity index (χ4n) is 3.80. The zero-order valence-corrected chi connectivity index (χ0v) is 13.7. The number of nitrogens with two attached hydrogens (primary N) is 1. The predicted molar refractivity (Wildman–Crippen MR) is 89.8 cm³/mol. The van der Waals surface area contributed by atoms with Crippen molar-refractivity contribution in [3.05, 3.63) is 29.3 Å². The Balaban J connectivity index is 1.68. The van der Waals surface area contributed by atoms with E-state index in [1.807, 2.05) is 0 Å². The summed E-state index contributed by atoms with van der Waals surface area (Å²) in [6.45, 7) is 8.44. The van der Waals surface area contributed by atoms with Crippen LogP contribution in [0.15, 0.2) is 18.2 Å². The molecular weight excluding hydrogens is 274 g/mol. The Labute approximate surface area is 133 Å². The van der Waals surface area contributed by atoms with E-state index in [9.17, 15) is 4.79 Å². The monoisotopic (exact) mass is 301 g/mol. The number of carbonyl (C=O) groups is 1. The highest BCUT2D eigenvalue weighted by Gasteiger charge is 2.25. The summed E-state index contributed by atoms with van der Waals surface area (Å²) in [5.74, 6) is -0.120. The molecule has 0 aromatic heterocycles. The van der Waals surface area contributed by atoms with Crippen molar-refractivity contribution in [2.45, 2.75) is 45.7 Å². The molecule has 0 spiro atoms. The molecule has 1 fully saturated rings. The smallest absolute Gasteiger partial charge is 0.221 e. The van der Waals surface area contributed by atoms with E-state index in [1.54, 1.807) is 0 Å². The average Bonchev–Trinajstić information content (AvgIpc) is 2.90. The van der Waals surface area contributed by atoms with Gasteiger partial charge in [-0.2, -0.15) is 0 Å². The number of carbonyl (C=O) groups excluding carboxylic acids is 1. The van der Waals surface area contributed by atoms with E-state index in [0.29, 0.717) is 6.04 Å². The number of benzene rings is 1. The van der Waals surface area contributed by atoms with Crippen molar-refractivity contribution >= 4 is 11.6 Å². The van der Waals surface area contributed by atoms with Crippen molar-refractivity contribution in [3.63, 3.8) is 0 Å². The van der Waals surface area contributed by atoms with Crippen LogP contribution in [0.3, 0.4) is 0 Å². The summed E-state index contributed by atoms with van der Waals surface area (Å²) in [5, 5.41) is 0. The first-order valence-corrected chi connectivity index (χ1v) is 8.44. The van der Waals surface area contributed by atoms with Gasteiger partial charge in [0, 0.05) is 31.4 Å². The van der Waals surface area contributed by atoms with Gasteiger partial charge < -0.3 is 10.6 Å². The van der Waals surface area contributed by atoms with Crippen LogP contribution >= 0.6 is 0 Å². The van der Waals surface area contributed by atoms with E-state index >= 15 is 0 Å². The molecule has 1 atom stereocenters. The number of likely N-dealkylation sites (tertiary alicyclic amines) is 1. The maximum atomic E-state index is 11.4. The first-order valence-electron chi connectivity index (χ1n) is 8.44. The van der Waals surface area contributed by atoms with Gasteiger partial charge in [0.25, 0.3) is 0 Å². The number of amides is 1. The van der Waals surface area contributed by atoms with Gasteiger partial charge in [-0.1, -0.05) is 12.1 Å². The molecule has 2 heterocycles. The van der Waals surface area contributed by atoms with Crippen molar-refractivity contribution in [1.82, 2.24) is 4.90 Å². The van der Waals surface area contributed by atoms with E-state index in [-0.39, 0.29) is 11.8 Å². The van der Waals surface area contributed by atoms with Gasteiger partial charge in [0.2, 0.25) is 5.91 Å². The first kappa shape index (κ1) is 15.3. The van der Waals surface area contributed by atoms with Crippen LogP contribution in [-0.4, -0.2) is 36.5 Å². The van der Waals surface area contributed by atoms with Crippen LogP contribution in [0, 0.1) is 5.92 Å². The molecule has 1 aromatic carbocycles. The molecule has 3 rings (SSSR count). The number of anilines is 1. The van der Waals surface area contributed by atoms with E-state index in [1.165, 1.54) is 16.8 Å². The molecule has 0 bridgehead atoms. The van der Waals surface area contributed by atoms with Crippen LogP contribution in [0.4, 0.5) is 5.69 Å². The van der Waals surface area contributed by atoms with Gasteiger partial charge in [0.1, 0.15) is 0 Å². The van der Waals surface area contributed by atoms with Crippen molar-refractivity contribution in [1.29, 1.82) is 0 Å². The number of nitrogens with zero attached hydrogens (tertiary/aromatic N) is 2. The summed E-state index contributed by atoms with van der Waals surface area (Å²) in [4.78, 5) is 16.2. The van der Waals surface area contributed by atoms with Crippen molar-refractivity contribution in [2.24, 2.45) is 11.7 Å². The second-order valence-corrected chi connectivity index (χ2v) is 6.98. The molecule has 0 aliphatic carbocycles. The highest BCUT2D eigenvalue weighted by molar-refractivity contribution is 5.76. The SMILES string of the molecule is CC(C)N1CCc2cc(CN3CCCC(C(N)=O)C3)ccc21. The van der Waals surface area contributed by atoms with Crippen molar-refractivity contribution in [3.8, 4) is 0 Å². The Bertz CT molecular complexity index is 555. The lowest BCUT2D eigenvalue weighted by Crippen LogP contribution is -2.40. The summed E-state index contributed by atoms with van der Waals surface area (Å²) in [6, 6.07) is 7.43. The molecule has 120 valence electrons. The fourth-order valence-corrected chi connectivity index (χ4v) is 3.80. The van der Waals surface area contributed by atoms with Gasteiger partial charge in [-0.15, -0.1) is 0 Å². The zero-order valence-electron chi connectivity index (χ0n) is 13.7. The van der Waals surface area contributed by atoms with E-state index in [4.69, 9.17) is 5.73 Å². The summed E-state index contributed by atoms with van der Waals surface area (Å²) in [7, 11) is 0. The third-order valence-corrected chi connectivity index (χ3v) is 5.01.